The molecule has 94 valence electrons. The molecule has 1 atom stereocenters. The largest absolute Gasteiger partial charge is 0.364 e. The Balaban J connectivity index is 2.12. The number of nitro groups is 1. The summed E-state index contributed by atoms with van der Waals surface area (Å²) in [4.78, 5) is 14.3. The molecule has 0 radical (unpaired) electrons. The van der Waals surface area contributed by atoms with E-state index in [9.17, 15) is 10.1 Å². The molecule has 1 aliphatic carbocycles. The standard InChI is InChI=1S/C12H14N4O2/c1-12(2)4-9(12)7-15-11-10(16(17)18)3-8(5-13)6-14-11/h3,6,9H,4,7H2,1-2H3,(H,14,15). The molecule has 0 bridgehead atoms. The first-order chi connectivity index (χ1) is 8.44. The number of hydrogen-bond acceptors (Lipinski definition) is 5. The first-order valence-electron chi connectivity index (χ1n) is 5.72. The first kappa shape index (κ1) is 12.3. The van der Waals surface area contributed by atoms with E-state index in [1.54, 1.807) is 0 Å². The van der Waals surface area contributed by atoms with Crippen molar-refractivity contribution >= 4 is 11.5 Å². The molecule has 6 nitrogen and oxygen atoms in total. The van der Waals surface area contributed by atoms with Crippen LogP contribution in [0, 0.1) is 32.8 Å². The van der Waals surface area contributed by atoms with Crippen LogP contribution in [0.4, 0.5) is 11.5 Å². The van der Waals surface area contributed by atoms with Gasteiger partial charge in [-0.1, -0.05) is 13.8 Å². The lowest BCUT2D eigenvalue weighted by molar-refractivity contribution is -0.384. The van der Waals surface area contributed by atoms with E-state index in [1.807, 2.05) is 6.07 Å². The van der Waals surface area contributed by atoms with Crippen LogP contribution in [-0.4, -0.2) is 16.5 Å². The highest BCUT2D eigenvalue weighted by Crippen LogP contribution is 2.51. The van der Waals surface area contributed by atoms with E-state index >= 15 is 0 Å². The maximum Gasteiger partial charge on any atom is 0.312 e. The van der Waals surface area contributed by atoms with Gasteiger partial charge in [-0.05, 0) is 17.8 Å². The Morgan fingerprint density at radius 3 is 2.89 bits per heavy atom. The first-order valence-corrected chi connectivity index (χ1v) is 5.72. The van der Waals surface area contributed by atoms with Crippen LogP contribution in [0.5, 0.6) is 0 Å². The SMILES string of the molecule is CC1(C)CC1CNc1ncc(C#N)cc1[N+](=O)[O-]. The lowest BCUT2D eigenvalue weighted by atomic mass is 10.1. The van der Waals surface area contributed by atoms with Crippen LogP contribution in [0.3, 0.4) is 0 Å². The Hall–Kier alpha value is -2.16. The highest BCUT2D eigenvalue weighted by molar-refractivity contribution is 5.58. The number of anilines is 1. The van der Waals surface area contributed by atoms with Crippen molar-refractivity contribution in [3.63, 3.8) is 0 Å². The number of nitrogens with one attached hydrogen (secondary N) is 1. The lowest BCUT2D eigenvalue weighted by Gasteiger charge is -2.07. The van der Waals surface area contributed by atoms with Gasteiger partial charge in [0, 0.05) is 18.8 Å². The fraction of sp³-hybridized carbons (Fsp3) is 0.500. The highest BCUT2D eigenvalue weighted by Gasteiger charge is 2.45. The molecule has 1 aromatic heterocycles. The smallest absolute Gasteiger partial charge is 0.312 e. The van der Waals surface area contributed by atoms with Crippen LogP contribution in [0.15, 0.2) is 12.3 Å². The van der Waals surface area contributed by atoms with E-state index in [0.29, 0.717) is 17.9 Å². The van der Waals surface area contributed by atoms with Crippen molar-refractivity contribution in [2.24, 2.45) is 11.3 Å². The van der Waals surface area contributed by atoms with Crippen LogP contribution >= 0.6 is 0 Å². The second-order valence-corrected chi connectivity index (χ2v) is 5.23. The molecule has 1 heterocycles. The lowest BCUT2D eigenvalue weighted by Crippen LogP contribution is -2.10. The second-order valence-electron chi connectivity index (χ2n) is 5.23. The fourth-order valence-electron chi connectivity index (χ4n) is 1.93. The van der Waals surface area contributed by atoms with Gasteiger partial charge >= 0.3 is 5.69 Å². The number of nitrogens with zero attached hydrogens (tertiary/aromatic N) is 3. The zero-order valence-electron chi connectivity index (χ0n) is 10.3. The zero-order chi connectivity index (χ0) is 13.3. The summed E-state index contributed by atoms with van der Waals surface area (Å²) in [7, 11) is 0. The van der Waals surface area contributed by atoms with Gasteiger partial charge in [0.15, 0.2) is 0 Å². The van der Waals surface area contributed by atoms with Crippen molar-refractivity contribution < 1.29 is 4.92 Å². The third kappa shape index (κ3) is 2.40. The molecule has 1 aromatic rings. The van der Waals surface area contributed by atoms with E-state index in [4.69, 9.17) is 5.26 Å². The third-order valence-corrected chi connectivity index (χ3v) is 3.43. The number of pyridine rings is 1. The predicted octanol–water partition coefficient (Wildman–Crippen LogP) is 2.32. The summed E-state index contributed by atoms with van der Waals surface area (Å²) >= 11 is 0. The van der Waals surface area contributed by atoms with Gasteiger partial charge in [0.2, 0.25) is 5.82 Å². The Morgan fingerprint density at radius 1 is 1.72 bits per heavy atom. The summed E-state index contributed by atoms with van der Waals surface area (Å²) < 4.78 is 0. The molecule has 1 aliphatic rings. The average Bonchev–Trinajstić information content (AvgIpc) is 2.94. The van der Waals surface area contributed by atoms with E-state index < -0.39 is 4.92 Å². The number of aromatic nitrogens is 1. The van der Waals surface area contributed by atoms with Crippen LogP contribution in [0.25, 0.3) is 0 Å². The Labute approximate surface area is 105 Å². The fourth-order valence-corrected chi connectivity index (χ4v) is 1.93. The van der Waals surface area contributed by atoms with Gasteiger partial charge in [0.25, 0.3) is 0 Å². The minimum absolute atomic E-state index is 0.146. The van der Waals surface area contributed by atoms with Gasteiger partial charge in [-0.2, -0.15) is 5.26 Å². The van der Waals surface area contributed by atoms with Crippen molar-refractivity contribution in [3.8, 4) is 6.07 Å². The van der Waals surface area contributed by atoms with Crippen LogP contribution in [0.1, 0.15) is 25.8 Å². The van der Waals surface area contributed by atoms with Crippen LogP contribution in [-0.2, 0) is 0 Å². The van der Waals surface area contributed by atoms with E-state index in [0.717, 1.165) is 6.42 Å². The molecule has 1 saturated carbocycles. The number of hydrogen-bond donors (Lipinski definition) is 1. The van der Waals surface area contributed by atoms with Crippen molar-refractivity contribution in [1.29, 1.82) is 5.26 Å². The Morgan fingerprint density at radius 2 is 2.39 bits per heavy atom. The molecular formula is C12H14N4O2. The molecule has 0 aromatic carbocycles. The molecule has 1 fully saturated rings. The van der Waals surface area contributed by atoms with Crippen LogP contribution < -0.4 is 5.32 Å². The Kier molecular flexibility index (Phi) is 2.91. The third-order valence-electron chi connectivity index (χ3n) is 3.43. The van der Waals surface area contributed by atoms with Crippen LogP contribution in [0.2, 0.25) is 0 Å². The van der Waals surface area contributed by atoms with E-state index in [-0.39, 0.29) is 17.1 Å². The Bertz CT molecular complexity index is 533. The van der Waals surface area contributed by atoms with Crippen molar-refractivity contribution in [1.82, 2.24) is 4.98 Å². The zero-order valence-corrected chi connectivity index (χ0v) is 10.3. The van der Waals surface area contributed by atoms with Gasteiger partial charge in [0.1, 0.15) is 6.07 Å². The van der Waals surface area contributed by atoms with Gasteiger partial charge < -0.3 is 5.32 Å². The monoisotopic (exact) mass is 246 g/mol. The molecule has 1 N–H and O–H groups in total. The molecule has 0 amide bonds. The van der Waals surface area contributed by atoms with Crippen molar-refractivity contribution in [3.05, 3.63) is 27.9 Å². The molecule has 0 aliphatic heterocycles. The summed E-state index contributed by atoms with van der Waals surface area (Å²) in [6, 6.07) is 3.09. The molecule has 18 heavy (non-hydrogen) atoms. The minimum Gasteiger partial charge on any atom is -0.364 e. The van der Waals surface area contributed by atoms with E-state index in [1.165, 1.54) is 12.3 Å². The number of nitriles is 1. The second kappa shape index (κ2) is 4.26. The van der Waals surface area contributed by atoms with Gasteiger partial charge in [-0.3, -0.25) is 10.1 Å². The quantitative estimate of drug-likeness (QED) is 0.650. The number of rotatable bonds is 4. The molecule has 1 unspecified atom stereocenters. The maximum absolute atomic E-state index is 10.9. The molecule has 2 rings (SSSR count). The molecular weight excluding hydrogens is 232 g/mol. The van der Waals surface area contributed by atoms with Crippen molar-refractivity contribution in [2.75, 3.05) is 11.9 Å². The predicted molar refractivity (Wildman–Crippen MR) is 66.0 cm³/mol. The average molecular weight is 246 g/mol. The van der Waals surface area contributed by atoms with Gasteiger partial charge in [-0.15, -0.1) is 0 Å². The maximum atomic E-state index is 10.9. The van der Waals surface area contributed by atoms with Gasteiger partial charge in [-0.25, -0.2) is 4.98 Å². The summed E-state index contributed by atoms with van der Waals surface area (Å²) in [5, 5.41) is 22.6. The topological polar surface area (TPSA) is 91.8 Å². The minimum atomic E-state index is -0.520. The highest BCUT2D eigenvalue weighted by atomic mass is 16.6. The summed E-state index contributed by atoms with van der Waals surface area (Å²) in [6.07, 6.45) is 2.46. The van der Waals surface area contributed by atoms with Crippen molar-refractivity contribution in [2.45, 2.75) is 20.3 Å². The molecule has 6 heteroatoms. The summed E-state index contributed by atoms with van der Waals surface area (Å²) in [5.41, 5.74) is 0.362. The van der Waals surface area contributed by atoms with E-state index in [2.05, 4.69) is 24.1 Å². The molecule has 0 saturated heterocycles. The summed E-state index contributed by atoms with van der Waals surface area (Å²) in [6.45, 7) is 5.01. The molecule has 0 spiro atoms. The summed E-state index contributed by atoms with van der Waals surface area (Å²) in [5.74, 6) is 0.760. The van der Waals surface area contributed by atoms with Gasteiger partial charge in [0.05, 0.1) is 10.5 Å². The normalized spacial score (nSPS) is 19.9.